The van der Waals surface area contributed by atoms with Gasteiger partial charge in [-0.25, -0.2) is 0 Å². The number of hydrogen-bond acceptors (Lipinski definition) is 2. The molecular weight excluding hydrogens is 246 g/mol. The lowest BCUT2D eigenvalue weighted by atomic mass is 10.1. The second-order valence-electron chi connectivity index (χ2n) is 4.71. The summed E-state index contributed by atoms with van der Waals surface area (Å²) in [5, 5.41) is 2.04. The van der Waals surface area contributed by atoms with Crippen molar-refractivity contribution in [3.63, 3.8) is 0 Å². The van der Waals surface area contributed by atoms with Gasteiger partial charge in [-0.05, 0) is 36.7 Å². The Morgan fingerprint density at radius 3 is 2.85 bits per heavy atom. The molecule has 96 valence electrons. The van der Waals surface area contributed by atoms with Crippen LogP contribution >= 0.6 is 0 Å². The Balaban J connectivity index is 1.99. The fourth-order valence-corrected chi connectivity index (χ4v) is 2.53. The molecule has 2 heteroatoms. The average molecular weight is 262 g/mol. The molecule has 0 spiro atoms. The molecule has 0 aliphatic carbocycles. The first-order valence-corrected chi connectivity index (χ1v) is 6.41. The lowest BCUT2D eigenvalue weighted by Crippen LogP contribution is -1.84. The fourth-order valence-electron chi connectivity index (χ4n) is 2.53. The van der Waals surface area contributed by atoms with Crippen LogP contribution in [-0.2, 0) is 0 Å². The maximum atomic E-state index is 7.56. The van der Waals surface area contributed by atoms with E-state index in [0.717, 1.165) is 27.5 Å². The third-order valence-electron chi connectivity index (χ3n) is 3.44. The number of aryl methyl sites for hydroxylation is 1. The van der Waals surface area contributed by atoms with Crippen LogP contribution < -0.4 is 0 Å². The van der Waals surface area contributed by atoms with E-state index in [1.807, 2.05) is 42.5 Å². The predicted octanol–water partition coefficient (Wildman–Crippen LogP) is 4.96. The van der Waals surface area contributed by atoms with Crippen LogP contribution in [0.4, 0.5) is 0 Å². The summed E-state index contributed by atoms with van der Waals surface area (Å²) in [7, 11) is 0. The predicted molar refractivity (Wildman–Crippen MR) is 81.7 cm³/mol. The molecule has 20 heavy (non-hydrogen) atoms. The van der Waals surface area contributed by atoms with Gasteiger partial charge in [-0.3, -0.25) is 4.98 Å². The normalized spacial score (nSPS) is 14.1. The summed E-state index contributed by atoms with van der Waals surface area (Å²) in [6.07, 6.45) is 1.53. The molecule has 0 aliphatic rings. The van der Waals surface area contributed by atoms with Crippen LogP contribution in [-0.4, -0.2) is 4.98 Å². The molecule has 0 amide bonds. The summed E-state index contributed by atoms with van der Waals surface area (Å²) < 4.78 is 28.7. The molecule has 0 aliphatic heterocycles. The first-order valence-electron chi connectivity index (χ1n) is 7.91. The number of nitrogens with zero attached hydrogens (tertiary/aromatic N) is 1. The van der Waals surface area contributed by atoms with Crippen molar-refractivity contribution in [2.24, 2.45) is 0 Å². The molecule has 4 aromatic rings. The minimum absolute atomic E-state index is 0.274. The SMILES string of the molecule is [2H]C([2H])([2H])c1ccnc(-c2cccc3c2oc2ccccc23)c1. The van der Waals surface area contributed by atoms with E-state index in [1.165, 1.54) is 12.3 Å². The summed E-state index contributed by atoms with van der Waals surface area (Å²) in [6.45, 7) is -2.15. The third kappa shape index (κ3) is 1.62. The van der Waals surface area contributed by atoms with Gasteiger partial charge in [-0.2, -0.15) is 0 Å². The van der Waals surface area contributed by atoms with Gasteiger partial charge >= 0.3 is 0 Å². The zero-order valence-corrected chi connectivity index (χ0v) is 10.6. The molecule has 2 aromatic carbocycles. The van der Waals surface area contributed by atoms with Crippen molar-refractivity contribution >= 4 is 21.9 Å². The van der Waals surface area contributed by atoms with Crippen LogP contribution in [0.2, 0.25) is 0 Å². The van der Waals surface area contributed by atoms with E-state index in [0.29, 0.717) is 5.69 Å². The zero-order valence-electron chi connectivity index (χ0n) is 13.6. The number of pyridine rings is 1. The number of hydrogen-bond donors (Lipinski definition) is 0. The number of benzene rings is 2. The maximum Gasteiger partial charge on any atom is 0.144 e. The van der Waals surface area contributed by atoms with Crippen molar-refractivity contribution in [2.45, 2.75) is 6.85 Å². The maximum absolute atomic E-state index is 7.56. The Labute approximate surface area is 120 Å². The molecule has 0 unspecified atom stereocenters. The van der Waals surface area contributed by atoms with E-state index in [9.17, 15) is 0 Å². The van der Waals surface area contributed by atoms with E-state index in [-0.39, 0.29) is 5.56 Å². The van der Waals surface area contributed by atoms with Crippen LogP contribution in [0.5, 0.6) is 0 Å². The van der Waals surface area contributed by atoms with Crippen LogP contribution in [0.15, 0.2) is 65.2 Å². The largest absolute Gasteiger partial charge is 0.455 e. The van der Waals surface area contributed by atoms with Crippen LogP contribution in [0.3, 0.4) is 0 Å². The van der Waals surface area contributed by atoms with Crippen LogP contribution in [0.25, 0.3) is 33.2 Å². The second kappa shape index (κ2) is 4.20. The van der Waals surface area contributed by atoms with Gasteiger partial charge in [0, 0.05) is 26.6 Å². The van der Waals surface area contributed by atoms with Crippen molar-refractivity contribution < 1.29 is 8.53 Å². The molecule has 2 nitrogen and oxygen atoms in total. The standard InChI is InChI=1S/C18H13NO/c1-12-9-10-19-16(11-12)15-7-4-6-14-13-5-2-3-8-17(13)20-18(14)15/h2-11H,1H3/i1D3. The smallest absolute Gasteiger partial charge is 0.144 e. The van der Waals surface area contributed by atoms with Crippen LogP contribution in [0.1, 0.15) is 9.68 Å². The second-order valence-corrected chi connectivity index (χ2v) is 4.71. The van der Waals surface area contributed by atoms with Gasteiger partial charge in [0.1, 0.15) is 11.2 Å². The molecular formula is C18H13NO. The Morgan fingerprint density at radius 2 is 1.90 bits per heavy atom. The molecule has 0 radical (unpaired) electrons. The average Bonchev–Trinajstić information content (AvgIpc) is 2.93. The van der Waals surface area contributed by atoms with E-state index in [4.69, 9.17) is 8.53 Å². The summed E-state index contributed by atoms with van der Waals surface area (Å²) >= 11 is 0. The van der Waals surface area contributed by atoms with Gasteiger partial charge in [-0.15, -0.1) is 0 Å². The molecule has 0 N–H and O–H groups in total. The molecule has 0 fully saturated rings. The van der Waals surface area contributed by atoms with Crippen molar-refractivity contribution in [1.82, 2.24) is 4.98 Å². The first kappa shape index (κ1) is 8.54. The topological polar surface area (TPSA) is 26.0 Å². The highest BCUT2D eigenvalue weighted by Gasteiger charge is 2.12. The lowest BCUT2D eigenvalue weighted by molar-refractivity contribution is 0.670. The minimum Gasteiger partial charge on any atom is -0.455 e. The molecule has 0 saturated heterocycles. The van der Waals surface area contributed by atoms with E-state index >= 15 is 0 Å². The summed E-state index contributed by atoms with van der Waals surface area (Å²) in [5.41, 5.74) is 3.20. The number of fused-ring (bicyclic) bond motifs is 3. The van der Waals surface area contributed by atoms with Gasteiger partial charge in [0.15, 0.2) is 0 Å². The van der Waals surface area contributed by atoms with Gasteiger partial charge in [-0.1, -0.05) is 30.3 Å². The quantitative estimate of drug-likeness (QED) is 0.484. The molecule has 4 rings (SSSR count). The first-order chi connectivity index (χ1) is 11.0. The van der Waals surface area contributed by atoms with Gasteiger partial charge in [0.2, 0.25) is 0 Å². The summed E-state index contributed by atoms with van der Waals surface area (Å²) in [4.78, 5) is 4.33. The van der Waals surface area contributed by atoms with Crippen molar-refractivity contribution in [3.8, 4) is 11.3 Å². The fraction of sp³-hybridized carbons (Fsp3) is 0.0556. The monoisotopic (exact) mass is 262 g/mol. The van der Waals surface area contributed by atoms with Crippen molar-refractivity contribution in [3.05, 3.63) is 66.4 Å². The van der Waals surface area contributed by atoms with E-state index in [2.05, 4.69) is 4.98 Å². The zero-order chi connectivity index (χ0) is 16.0. The minimum atomic E-state index is -2.15. The number of furan rings is 1. The van der Waals surface area contributed by atoms with E-state index < -0.39 is 6.85 Å². The Morgan fingerprint density at radius 1 is 1.00 bits per heavy atom. The number of aromatic nitrogens is 1. The Hall–Kier alpha value is -2.61. The summed E-state index contributed by atoms with van der Waals surface area (Å²) in [6, 6.07) is 16.8. The molecule has 0 bridgehead atoms. The highest BCUT2D eigenvalue weighted by Crippen LogP contribution is 2.34. The highest BCUT2D eigenvalue weighted by atomic mass is 16.3. The van der Waals surface area contributed by atoms with Gasteiger partial charge < -0.3 is 4.42 Å². The molecule has 0 saturated carbocycles. The molecule has 2 aromatic heterocycles. The Kier molecular flexibility index (Phi) is 1.79. The Bertz CT molecular complexity index is 1020. The molecule has 2 heterocycles. The third-order valence-corrected chi connectivity index (χ3v) is 3.44. The number of para-hydroxylation sites is 2. The molecule has 0 atom stereocenters. The summed E-state index contributed by atoms with van der Waals surface area (Å²) in [5.74, 6) is 0. The van der Waals surface area contributed by atoms with E-state index in [1.54, 1.807) is 6.07 Å². The van der Waals surface area contributed by atoms with Crippen molar-refractivity contribution in [1.29, 1.82) is 0 Å². The highest BCUT2D eigenvalue weighted by molar-refractivity contribution is 6.09. The number of rotatable bonds is 1. The van der Waals surface area contributed by atoms with Gasteiger partial charge in [0.25, 0.3) is 0 Å². The lowest BCUT2D eigenvalue weighted by Gasteiger charge is -2.02. The van der Waals surface area contributed by atoms with Gasteiger partial charge in [0.05, 0.1) is 5.69 Å². The van der Waals surface area contributed by atoms with Crippen molar-refractivity contribution in [2.75, 3.05) is 0 Å². The van der Waals surface area contributed by atoms with Crippen LogP contribution in [0, 0.1) is 6.85 Å².